The molecule has 0 bridgehead atoms. The molecule has 2 aromatic rings. The molecule has 1 aromatic carbocycles. The normalized spacial score (nSPS) is 13.0. The van der Waals surface area contributed by atoms with Crippen LogP contribution in [0.15, 0.2) is 33.9 Å². The summed E-state index contributed by atoms with van der Waals surface area (Å²) in [6.07, 6.45) is 0. The molecule has 1 amide bonds. The average molecular weight is 323 g/mol. The fraction of sp³-hybridized carbons (Fsp3) is 0.400. The maximum atomic E-state index is 12.9. The van der Waals surface area contributed by atoms with Crippen molar-refractivity contribution in [1.29, 1.82) is 0 Å². The number of hydrogen-bond acceptors (Lipinski definition) is 5. The monoisotopic (exact) mass is 323 g/mol. The van der Waals surface area contributed by atoms with E-state index in [4.69, 9.17) is 4.42 Å². The predicted molar refractivity (Wildman–Crippen MR) is 82.9 cm³/mol. The maximum absolute atomic E-state index is 12.9. The van der Waals surface area contributed by atoms with Gasteiger partial charge in [-0.3, -0.25) is 4.79 Å². The Hall–Kier alpha value is -1.89. The van der Waals surface area contributed by atoms with Gasteiger partial charge in [-0.25, -0.2) is 4.39 Å². The van der Waals surface area contributed by atoms with Crippen LogP contribution in [0.1, 0.15) is 27.7 Å². The zero-order valence-corrected chi connectivity index (χ0v) is 13.7. The first kappa shape index (κ1) is 16.5. The molecule has 1 N–H and O–H groups in total. The first-order valence-corrected chi connectivity index (χ1v) is 7.71. The number of carbonyl (C=O) groups excluding carboxylic acids is 1. The Morgan fingerprint density at radius 3 is 2.50 bits per heavy atom. The number of halogens is 1. The summed E-state index contributed by atoms with van der Waals surface area (Å²) in [6, 6.07) is 5.78. The van der Waals surface area contributed by atoms with Gasteiger partial charge in [-0.15, -0.1) is 10.2 Å². The van der Waals surface area contributed by atoms with Crippen molar-refractivity contribution >= 4 is 17.7 Å². The third-order valence-corrected chi connectivity index (χ3v) is 3.58. The van der Waals surface area contributed by atoms with Crippen molar-refractivity contribution in [2.24, 2.45) is 0 Å². The van der Waals surface area contributed by atoms with Crippen LogP contribution >= 0.6 is 11.8 Å². The second-order valence-corrected chi connectivity index (χ2v) is 7.17. The number of nitrogens with zero attached hydrogens (tertiary/aromatic N) is 2. The standard InChI is InChI=1S/C15H18FN3O2S/c1-9(12(20)17-15(2,3)4)22-14-19-18-13(21-14)10-5-7-11(16)8-6-10/h5-9H,1-4H3,(H,17,20)/t9-/m0/s1. The molecule has 0 saturated carbocycles. The summed E-state index contributed by atoms with van der Waals surface area (Å²) < 4.78 is 18.4. The smallest absolute Gasteiger partial charge is 0.277 e. The second kappa shape index (κ2) is 6.48. The third-order valence-electron chi connectivity index (χ3n) is 2.64. The summed E-state index contributed by atoms with van der Waals surface area (Å²) in [4.78, 5) is 12.0. The molecule has 2 rings (SSSR count). The van der Waals surface area contributed by atoms with Crippen LogP contribution in [0.2, 0.25) is 0 Å². The Morgan fingerprint density at radius 1 is 1.27 bits per heavy atom. The van der Waals surface area contributed by atoms with Crippen LogP contribution < -0.4 is 5.32 Å². The Labute approximate surface area is 132 Å². The Balaban J connectivity index is 2.03. The molecular formula is C15H18FN3O2S. The van der Waals surface area contributed by atoms with Crippen molar-refractivity contribution in [2.45, 2.75) is 43.7 Å². The molecule has 1 atom stereocenters. The first-order chi connectivity index (χ1) is 10.2. The molecule has 7 heteroatoms. The average Bonchev–Trinajstić information content (AvgIpc) is 2.86. The van der Waals surface area contributed by atoms with E-state index in [-0.39, 0.29) is 22.5 Å². The highest BCUT2D eigenvalue weighted by molar-refractivity contribution is 8.00. The highest BCUT2D eigenvalue weighted by Gasteiger charge is 2.22. The first-order valence-electron chi connectivity index (χ1n) is 6.83. The topological polar surface area (TPSA) is 68.0 Å². The van der Waals surface area contributed by atoms with Crippen LogP contribution in [0, 0.1) is 5.82 Å². The summed E-state index contributed by atoms with van der Waals surface area (Å²) >= 11 is 1.18. The van der Waals surface area contributed by atoms with Gasteiger partial charge in [-0.05, 0) is 52.0 Å². The van der Waals surface area contributed by atoms with Crippen molar-refractivity contribution in [3.63, 3.8) is 0 Å². The maximum Gasteiger partial charge on any atom is 0.277 e. The summed E-state index contributed by atoms with van der Waals surface area (Å²) in [5.74, 6) is -0.129. The third kappa shape index (κ3) is 4.56. The summed E-state index contributed by atoms with van der Waals surface area (Å²) in [7, 11) is 0. The van der Waals surface area contributed by atoms with E-state index in [1.54, 1.807) is 19.1 Å². The van der Waals surface area contributed by atoms with Gasteiger partial charge in [-0.2, -0.15) is 0 Å². The Bertz CT molecular complexity index is 650. The summed E-state index contributed by atoms with van der Waals surface area (Å²) in [5.41, 5.74) is 0.340. The zero-order chi connectivity index (χ0) is 16.3. The van der Waals surface area contributed by atoms with Crippen LogP contribution in [0.4, 0.5) is 4.39 Å². The minimum Gasteiger partial charge on any atom is -0.411 e. The Morgan fingerprint density at radius 2 is 1.91 bits per heavy atom. The predicted octanol–water partition coefficient (Wildman–Crippen LogP) is 3.27. The second-order valence-electron chi connectivity index (χ2n) is 5.88. The van der Waals surface area contributed by atoms with Gasteiger partial charge in [0.1, 0.15) is 5.82 Å². The number of rotatable bonds is 4. The van der Waals surface area contributed by atoms with Gasteiger partial charge in [0.2, 0.25) is 11.8 Å². The SMILES string of the molecule is C[C@H](Sc1nnc(-c2ccc(F)cc2)o1)C(=O)NC(C)(C)C. The minimum absolute atomic E-state index is 0.0981. The highest BCUT2D eigenvalue weighted by atomic mass is 32.2. The molecule has 0 radical (unpaired) electrons. The van der Waals surface area contributed by atoms with E-state index in [2.05, 4.69) is 15.5 Å². The number of carbonyl (C=O) groups is 1. The van der Waals surface area contributed by atoms with Crippen LogP contribution in [0.25, 0.3) is 11.5 Å². The number of hydrogen-bond donors (Lipinski definition) is 1. The molecule has 118 valence electrons. The van der Waals surface area contributed by atoms with Crippen molar-refractivity contribution in [2.75, 3.05) is 0 Å². The van der Waals surface area contributed by atoms with Crippen molar-refractivity contribution in [1.82, 2.24) is 15.5 Å². The highest BCUT2D eigenvalue weighted by Crippen LogP contribution is 2.26. The Kier molecular flexibility index (Phi) is 4.85. The van der Waals surface area contributed by atoms with E-state index < -0.39 is 0 Å². The molecule has 0 saturated heterocycles. The largest absolute Gasteiger partial charge is 0.411 e. The van der Waals surface area contributed by atoms with E-state index in [1.807, 2.05) is 20.8 Å². The lowest BCUT2D eigenvalue weighted by molar-refractivity contribution is -0.121. The summed E-state index contributed by atoms with van der Waals surface area (Å²) in [6.45, 7) is 7.53. The zero-order valence-electron chi connectivity index (χ0n) is 12.9. The lowest BCUT2D eigenvalue weighted by Crippen LogP contribution is -2.44. The lowest BCUT2D eigenvalue weighted by Gasteiger charge is -2.22. The lowest BCUT2D eigenvalue weighted by atomic mass is 10.1. The minimum atomic E-state index is -0.360. The van der Waals surface area contributed by atoms with E-state index >= 15 is 0 Å². The van der Waals surface area contributed by atoms with E-state index in [1.165, 1.54) is 23.9 Å². The molecule has 0 aliphatic carbocycles. The number of nitrogens with one attached hydrogen (secondary N) is 1. The van der Waals surface area contributed by atoms with Crippen molar-refractivity contribution < 1.29 is 13.6 Å². The number of benzene rings is 1. The molecule has 22 heavy (non-hydrogen) atoms. The number of aromatic nitrogens is 2. The van der Waals surface area contributed by atoms with E-state index in [0.717, 1.165) is 0 Å². The van der Waals surface area contributed by atoms with Crippen LogP contribution in [-0.4, -0.2) is 26.9 Å². The van der Waals surface area contributed by atoms with E-state index in [9.17, 15) is 9.18 Å². The molecule has 0 spiro atoms. The van der Waals surface area contributed by atoms with Gasteiger partial charge in [0.05, 0.1) is 5.25 Å². The fourth-order valence-corrected chi connectivity index (χ4v) is 2.33. The van der Waals surface area contributed by atoms with Gasteiger partial charge in [-0.1, -0.05) is 11.8 Å². The molecule has 1 heterocycles. The van der Waals surface area contributed by atoms with Crippen LogP contribution in [0.5, 0.6) is 0 Å². The molecule has 0 unspecified atom stereocenters. The van der Waals surface area contributed by atoms with E-state index in [0.29, 0.717) is 16.7 Å². The van der Waals surface area contributed by atoms with Crippen molar-refractivity contribution in [3.8, 4) is 11.5 Å². The number of thioether (sulfide) groups is 1. The van der Waals surface area contributed by atoms with Gasteiger partial charge >= 0.3 is 0 Å². The van der Waals surface area contributed by atoms with Gasteiger partial charge in [0, 0.05) is 11.1 Å². The molecule has 0 fully saturated rings. The van der Waals surface area contributed by atoms with Crippen LogP contribution in [0.3, 0.4) is 0 Å². The van der Waals surface area contributed by atoms with Crippen LogP contribution in [-0.2, 0) is 4.79 Å². The summed E-state index contributed by atoms with van der Waals surface area (Å²) in [5, 5.41) is 10.7. The number of amides is 1. The molecular weight excluding hydrogens is 305 g/mol. The van der Waals surface area contributed by atoms with Gasteiger partial charge < -0.3 is 9.73 Å². The fourth-order valence-electron chi connectivity index (χ4n) is 1.64. The molecule has 0 aliphatic rings. The van der Waals surface area contributed by atoms with Gasteiger partial charge in [0.15, 0.2) is 0 Å². The van der Waals surface area contributed by atoms with Gasteiger partial charge in [0.25, 0.3) is 5.22 Å². The molecule has 1 aromatic heterocycles. The van der Waals surface area contributed by atoms with Crippen molar-refractivity contribution in [3.05, 3.63) is 30.1 Å². The quantitative estimate of drug-likeness (QED) is 0.875. The molecule has 0 aliphatic heterocycles. The molecule has 5 nitrogen and oxygen atoms in total.